The summed E-state index contributed by atoms with van der Waals surface area (Å²) in [4.78, 5) is 2.62. The van der Waals surface area contributed by atoms with Crippen LogP contribution in [0.1, 0.15) is 58.8 Å². The van der Waals surface area contributed by atoms with E-state index in [4.69, 9.17) is 0 Å². The van der Waals surface area contributed by atoms with Gasteiger partial charge in [-0.3, -0.25) is 4.90 Å². The number of piperidine rings is 1. The van der Waals surface area contributed by atoms with Gasteiger partial charge in [-0.05, 0) is 45.6 Å². The minimum atomic E-state index is -0.107. The molecule has 1 saturated carbocycles. The molecule has 2 rings (SSSR count). The van der Waals surface area contributed by atoms with Crippen LogP contribution in [0.25, 0.3) is 0 Å². The second-order valence-corrected chi connectivity index (χ2v) is 6.55. The Balaban J connectivity index is 1.90. The Morgan fingerprint density at radius 1 is 1.28 bits per heavy atom. The van der Waals surface area contributed by atoms with Gasteiger partial charge in [0.05, 0.1) is 12.1 Å². The lowest BCUT2D eigenvalue weighted by Crippen LogP contribution is -2.57. The maximum Gasteiger partial charge on any atom is 0.0623 e. The van der Waals surface area contributed by atoms with Crippen LogP contribution in [0.4, 0.5) is 0 Å². The maximum absolute atomic E-state index is 9.72. The molecule has 1 saturated heterocycles. The first-order valence-corrected chi connectivity index (χ1v) is 7.79. The van der Waals surface area contributed by atoms with Crippen molar-refractivity contribution in [3.63, 3.8) is 0 Å². The van der Waals surface area contributed by atoms with Crippen molar-refractivity contribution in [1.82, 2.24) is 10.2 Å². The summed E-state index contributed by atoms with van der Waals surface area (Å²) < 4.78 is 0. The van der Waals surface area contributed by atoms with Crippen LogP contribution in [-0.2, 0) is 0 Å². The Morgan fingerprint density at radius 2 is 2.06 bits per heavy atom. The fourth-order valence-corrected chi connectivity index (χ4v) is 3.24. The molecule has 1 heterocycles. The van der Waals surface area contributed by atoms with Crippen LogP contribution in [0, 0.1) is 0 Å². The van der Waals surface area contributed by atoms with Crippen LogP contribution >= 0.6 is 0 Å². The van der Waals surface area contributed by atoms with E-state index in [1.54, 1.807) is 0 Å². The number of nitrogens with zero attached hydrogens (tertiary/aromatic N) is 1. The van der Waals surface area contributed by atoms with Crippen molar-refractivity contribution < 1.29 is 5.11 Å². The molecule has 0 radical (unpaired) electrons. The predicted molar refractivity (Wildman–Crippen MR) is 75.8 cm³/mol. The molecule has 0 aromatic rings. The lowest BCUT2D eigenvalue weighted by atomic mass is 9.94. The summed E-state index contributed by atoms with van der Waals surface area (Å²) in [6.45, 7) is 6.93. The third kappa shape index (κ3) is 3.94. The number of aliphatic hydroxyl groups excluding tert-OH is 1. The summed E-state index contributed by atoms with van der Waals surface area (Å²) in [6.07, 6.45) is 9.21. The molecule has 2 unspecified atom stereocenters. The zero-order valence-electron chi connectivity index (χ0n) is 12.1. The van der Waals surface area contributed by atoms with Gasteiger partial charge >= 0.3 is 0 Å². The molecular formula is C15H30N2O. The number of nitrogens with one attached hydrogen (secondary N) is 1. The Hall–Kier alpha value is -0.120. The normalized spacial score (nSPS) is 29.2. The molecule has 2 N–H and O–H groups in total. The first kappa shape index (κ1) is 14.3. The molecule has 18 heavy (non-hydrogen) atoms. The van der Waals surface area contributed by atoms with Gasteiger partial charge in [-0.15, -0.1) is 0 Å². The summed E-state index contributed by atoms with van der Waals surface area (Å²) in [5, 5.41) is 13.4. The number of hydrogen-bond donors (Lipinski definition) is 2. The topological polar surface area (TPSA) is 35.5 Å². The molecular weight excluding hydrogens is 224 g/mol. The van der Waals surface area contributed by atoms with Gasteiger partial charge in [0.25, 0.3) is 0 Å². The number of hydrogen-bond acceptors (Lipinski definition) is 3. The largest absolute Gasteiger partial charge is 0.394 e. The summed E-state index contributed by atoms with van der Waals surface area (Å²) in [5.74, 6) is 0. The highest BCUT2D eigenvalue weighted by Gasteiger charge is 2.35. The quantitative estimate of drug-likeness (QED) is 0.731. The lowest BCUT2D eigenvalue weighted by Gasteiger charge is -2.42. The monoisotopic (exact) mass is 254 g/mol. The Bertz CT molecular complexity index is 253. The highest BCUT2D eigenvalue weighted by atomic mass is 16.3. The number of rotatable bonds is 7. The lowest BCUT2D eigenvalue weighted by molar-refractivity contribution is 0.0694. The molecule has 0 amide bonds. The standard InChI is InChI=1S/C15H30N2O/c1-3-6-14-7-4-5-10-17(14)11-15(2,12-18)16-13-8-9-13/h13-14,16,18H,3-12H2,1-2H3. The van der Waals surface area contributed by atoms with Gasteiger partial charge < -0.3 is 10.4 Å². The summed E-state index contributed by atoms with van der Waals surface area (Å²) in [7, 11) is 0. The van der Waals surface area contributed by atoms with Crippen molar-refractivity contribution in [2.45, 2.75) is 76.4 Å². The van der Waals surface area contributed by atoms with E-state index in [1.807, 2.05) is 0 Å². The average molecular weight is 254 g/mol. The highest BCUT2D eigenvalue weighted by Crippen LogP contribution is 2.26. The number of likely N-dealkylation sites (tertiary alicyclic amines) is 1. The van der Waals surface area contributed by atoms with Crippen molar-refractivity contribution in [3.05, 3.63) is 0 Å². The van der Waals surface area contributed by atoms with Gasteiger partial charge in [0.15, 0.2) is 0 Å². The van der Waals surface area contributed by atoms with Gasteiger partial charge in [-0.25, -0.2) is 0 Å². The summed E-state index contributed by atoms with van der Waals surface area (Å²) in [6, 6.07) is 1.41. The van der Waals surface area contributed by atoms with Gasteiger partial charge in [-0.2, -0.15) is 0 Å². The third-order valence-corrected chi connectivity index (χ3v) is 4.40. The molecule has 2 aliphatic rings. The van der Waals surface area contributed by atoms with Gasteiger partial charge in [-0.1, -0.05) is 19.8 Å². The maximum atomic E-state index is 9.72. The van der Waals surface area contributed by atoms with Gasteiger partial charge in [0.2, 0.25) is 0 Å². The molecule has 2 fully saturated rings. The van der Waals surface area contributed by atoms with E-state index in [-0.39, 0.29) is 12.1 Å². The van der Waals surface area contributed by atoms with Crippen LogP contribution in [0.2, 0.25) is 0 Å². The fraction of sp³-hybridized carbons (Fsp3) is 1.00. The molecule has 0 aromatic carbocycles. The van der Waals surface area contributed by atoms with Crippen molar-refractivity contribution in [1.29, 1.82) is 0 Å². The van der Waals surface area contributed by atoms with E-state index in [0.29, 0.717) is 6.04 Å². The minimum absolute atomic E-state index is 0.107. The van der Waals surface area contributed by atoms with Crippen LogP contribution in [0.3, 0.4) is 0 Å². The van der Waals surface area contributed by atoms with Crippen molar-refractivity contribution in [2.75, 3.05) is 19.7 Å². The van der Waals surface area contributed by atoms with Crippen molar-refractivity contribution in [3.8, 4) is 0 Å². The first-order valence-electron chi connectivity index (χ1n) is 7.79. The zero-order valence-corrected chi connectivity index (χ0v) is 12.1. The molecule has 0 bridgehead atoms. The van der Waals surface area contributed by atoms with E-state index in [0.717, 1.165) is 12.6 Å². The van der Waals surface area contributed by atoms with E-state index < -0.39 is 0 Å². The minimum Gasteiger partial charge on any atom is -0.394 e. The average Bonchev–Trinajstić information content (AvgIpc) is 3.16. The summed E-state index contributed by atoms with van der Waals surface area (Å²) in [5.41, 5.74) is -0.107. The van der Waals surface area contributed by atoms with Crippen molar-refractivity contribution >= 4 is 0 Å². The van der Waals surface area contributed by atoms with Crippen LogP contribution in [0.15, 0.2) is 0 Å². The molecule has 3 nitrogen and oxygen atoms in total. The summed E-state index contributed by atoms with van der Waals surface area (Å²) >= 11 is 0. The fourth-order valence-electron chi connectivity index (χ4n) is 3.24. The van der Waals surface area contributed by atoms with Crippen LogP contribution in [-0.4, -0.2) is 47.3 Å². The second kappa shape index (κ2) is 6.36. The first-order chi connectivity index (χ1) is 8.67. The van der Waals surface area contributed by atoms with E-state index in [1.165, 1.54) is 51.5 Å². The Labute approximate surface area is 112 Å². The van der Waals surface area contributed by atoms with Gasteiger partial charge in [0, 0.05) is 18.6 Å². The molecule has 0 aromatic heterocycles. The van der Waals surface area contributed by atoms with E-state index in [9.17, 15) is 5.11 Å². The van der Waals surface area contributed by atoms with Gasteiger partial charge in [0.1, 0.15) is 0 Å². The molecule has 0 spiro atoms. The second-order valence-electron chi connectivity index (χ2n) is 6.55. The SMILES string of the molecule is CCCC1CCCCN1CC(C)(CO)NC1CC1. The van der Waals surface area contributed by atoms with E-state index in [2.05, 4.69) is 24.1 Å². The molecule has 1 aliphatic heterocycles. The molecule has 1 aliphatic carbocycles. The smallest absolute Gasteiger partial charge is 0.0623 e. The van der Waals surface area contributed by atoms with Crippen LogP contribution in [0.5, 0.6) is 0 Å². The zero-order chi connectivity index (χ0) is 13.0. The predicted octanol–water partition coefficient (Wildman–Crippen LogP) is 2.14. The Kier molecular flexibility index (Phi) is 5.05. The molecule has 3 heteroatoms. The van der Waals surface area contributed by atoms with Crippen molar-refractivity contribution in [2.24, 2.45) is 0 Å². The molecule has 106 valence electrons. The highest BCUT2D eigenvalue weighted by molar-refractivity contribution is 4.95. The van der Waals surface area contributed by atoms with Crippen LogP contribution < -0.4 is 5.32 Å². The third-order valence-electron chi connectivity index (χ3n) is 4.40. The van der Waals surface area contributed by atoms with E-state index >= 15 is 0 Å². The Morgan fingerprint density at radius 3 is 2.67 bits per heavy atom. The number of aliphatic hydroxyl groups is 1. The molecule has 2 atom stereocenters.